The normalized spacial score (nSPS) is 21.9. The molecule has 122 valence electrons. The van der Waals surface area contributed by atoms with Crippen molar-refractivity contribution in [2.75, 3.05) is 7.05 Å². The summed E-state index contributed by atoms with van der Waals surface area (Å²) in [5, 5.41) is 14.3. The van der Waals surface area contributed by atoms with E-state index in [1.807, 2.05) is 55.5 Å². The number of nitrogens with zero attached hydrogens (tertiary/aromatic N) is 5. The highest BCUT2D eigenvalue weighted by molar-refractivity contribution is 7.96. The molecule has 2 atom stereocenters. The highest BCUT2D eigenvalue weighted by Gasteiger charge is 2.52. The second kappa shape index (κ2) is 6.14. The molecule has 0 bridgehead atoms. The molecule has 0 radical (unpaired) electrons. The number of tetrazole rings is 1. The van der Waals surface area contributed by atoms with Crippen LogP contribution in [0.4, 0.5) is 0 Å². The fourth-order valence-corrected chi connectivity index (χ4v) is 4.37. The molecule has 0 saturated carbocycles. The number of hydrogen-bond acceptors (Lipinski definition) is 7. The smallest absolute Gasteiger partial charge is 0.253 e. The maximum Gasteiger partial charge on any atom is 0.253 e. The Bertz CT molecular complexity index is 680. The summed E-state index contributed by atoms with van der Waals surface area (Å²) in [6.45, 7) is 4.06. The van der Waals surface area contributed by atoms with Gasteiger partial charge in [-0.1, -0.05) is 49.4 Å². The topological polar surface area (TPSA) is 78.0 Å². The van der Waals surface area contributed by atoms with Crippen LogP contribution >= 0.6 is 24.8 Å². The molecule has 7 nitrogen and oxygen atoms in total. The minimum atomic E-state index is -1.10. The first-order valence-corrected chi connectivity index (χ1v) is 8.40. The first-order chi connectivity index (χ1) is 11.0. The van der Waals surface area contributed by atoms with E-state index in [9.17, 15) is 4.79 Å². The maximum atomic E-state index is 13.0. The van der Waals surface area contributed by atoms with Gasteiger partial charge in [-0.2, -0.15) is 5.21 Å². The number of aromatic nitrogens is 4. The molecule has 1 aliphatic heterocycles. The van der Waals surface area contributed by atoms with Crippen molar-refractivity contribution in [2.24, 2.45) is 5.92 Å². The van der Waals surface area contributed by atoms with Crippen molar-refractivity contribution in [3.8, 4) is 0 Å². The first-order valence-electron chi connectivity index (χ1n) is 7.23. The lowest BCUT2D eigenvalue weighted by Crippen LogP contribution is -2.44. The molecule has 1 aromatic carbocycles. The van der Waals surface area contributed by atoms with E-state index in [1.54, 1.807) is 4.31 Å². The zero-order valence-electron chi connectivity index (χ0n) is 13.0. The molecular formula is C14H18N6OS2. The third-order valence-corrected chi connectivity index (χ3v) is 5.71. The predicted octanol–water partition coefficient (Wildman–Crippen LogP) is 1.69. The lowest BCUT2D eigenvalue weighted by atomic mass is 10.0. The average molecular weight is 350 g/mol. The molecule has 0 spiro atoms. The van der Waals surface area contributed by atoms with Gasteiger partial charge in [-0.05, 0) is 11.5 Å². The van der Waals surface area contributed by atoms with E-state index in [2.05, 4.69) is 20.6 Å². The number of H-pyrrole nitrogens is 1. The summed E-state index contributed by atoms with van der Waals surface area (Å²) in [6.07, 6.45) is 0. The summed E-state index contributed by atoms with van der Waals surface area (Å²) in [5.74, 6) is 0.505. The summed E-state index contributed by atoms with van der Waals surface area (Å²) < 4.78 is 3.57. The summed E-state index contributed by atoms with van der Waals surface area (Å²) in [4.78, 5) is 11.9. The highest BCUT2D eigenvalue weighted by atomic mass is 32.2. The molecule has 3 rings (SSSR count). The summed E-state index contributed by atoms with van der Waals surface area (Å²) >= 11 is 6.17. The minimum absolute atomic E-state index is 0.0175. The Hall–Kier alpha value is -1.58. The molecule has 2 aromatic rings. The van der Waals surface area contributed by atoms with Crippen molar-refractivity contribution < 1.29 is 4.79 Å². The van der Waals surface area contributed by atoms with Crippen molar-refractivity contribution >= 4 is 30.7 Å². The van der Waals surface area contributed by atoms with Gasteiger partial charge in [0.1, 0.15) is 6.04 Å². The van der Waals surface area contributed by atoms with Crippen molar-refractivity contribution in [3.05, 3.63) is 41.7 Å². The van der Waals surface area contributed by atoms with Crippen LogP contribution < -0.4 is 0 Å². The second-order valence-electron chi connectivity index (χ2n) is 5.72. The molecule has 1 saturated heterocycles. The Labute approximate surface area is 144 Å². The Morgan fingerprint density at radius 2 is 2.04 bits per heavy atom. The van der Waals surface area contributed by atoms with Gasteiger partial charge in [-0.25, -0.2) is 8.61 Å². The van der Waals surface area contributed by atoms with E-state index < -0.39 is 4.87 Å². The zero-order chi connectivity index (χ0) is 16.6. The lowest BCUT2D eigenvalue weighted by molar-refractivity contribution is -0.130. The van der Waals surface area contributed by atoms with Crippen LogP contribution in [0.2, 0.25) is 0 Å². The van der Waals surface area contributed by atoms with Crippen LogP contribution in [0.15, 0.2) is 30.3 Å². The van der Waals surface area contributed by atoms with Crippen LogP contribution in [0.25, 0.3) is 0 Å². The molecule has 2 unspecified atom stereocenters. The monoisotopic (exact) mass is 350 g/mol. The Balaban J connectivity index is 2.09. The molecule has 1 aromatic heterocycles. The number of aromatic amines is 1. The molecule has 23 heavy (non-hydrogen) atoms. The Morgan fingerprint density at radius 1 is 1.35 bits per heavy atom. The minimum Gasteiger partial charge on any atom is -0.272 e. The van der Waals surface area contributed by atoms with Gasteiger partial charge in [0.2, 0.25) is 5.82 Å². The van der Waals surface area contributed by atoms with Crippen LogP contribution in [0.1, 0.15) is 25.2 Å². The van der Waals surface area contributed by atoms with Crippen LogP contribution in [-0.2, 0) is 9.67 Å². The third-order valence-electron chi connectivity index (χ3n) is 3.81. The number of amides is 1. The van der Waals surface area contributed by atoms with E-state index in [-0.39, 0.29) is 17.9 Å². The van der Waals surface area contributed by atoms with Gasteiger partial charge in [0.25, 0.3) is 5.91 Å². The summed E-state index contributed by atoms with van der Waals surface area (Å²) in [7, 11) is 1.91. The number of rotatable bonds is 4. The van der Waals surface area contributed by atoms with Crippen LogP contribution in [0, 0.1) is 5.92 Å². The van der Waals surface area contributed by atoms with Gasteiger partial charge in [0.15, 0.2) is 4.87 Å². The molecule has 1 aliphatic rings. The van der Waals surface area contributed by atoms with E-state index in [4.69, 9.17) is 12.6 Å². The van der Waals surface area contributed by atoms with Gasteiger partial charge in [-0.15, -0.1) is 22.8 Å². The van der Waals surface area contributed by atoms with Gasteiger partial charge in [-0.3, -0.25) is 4.79 Å². The van der Waals surface area contributed by atoms with Crippen molar-refractivity contribution in [3.63, 3.8) is 0 Å². The number of carbonyl (C=O) groups excluding carboxylic acids is 1. The van der Waals surface area contributed by atoms with Gasteiger partial charge in [0, 0.05) is 19.2 Å². The van der Waals surface area contributed by atoms with Crippen LogP contribution in [-0.4, -0.2) is 48.2 Å². The molecule has 0 aliphatic carbocycles. The van der Waals surface area contributed by atoms with Gasteiger partial charge < -0.3 is 0 Å². The van der Waals surface area contributed by atoms with Crippen LogP contribution in [0.3, 0.4) is 0 Å². The average Bonchev–Trinajstić information content (AvgIpc) is 3.16. The molecule has 2 heterocycles. The number of likely N-dealkylation sites (N-methyl/N-ethyl adjacent to an activating group) is 1. The highest BCUT2D eigenvalue weighted by Crippen LogP contribution is 2.47. The van der Waals surface area contributed by atoms with Gasteiger partial charge in [0.05, 0.1) is 0 Å². The standard InChI is InChI=1S/C14H18N6OS2/c1-9(2)11-12(21)20(23-19(11)3)14(22,13-15-17-18-16-13)10-7-5-4-6-8-10/h4-9,11,22H,1-3H3,(H,15,16,17,18). The molecular weight excluding hydrogens is 332 g/mol. The van der Waals surface area contributed by atoms with E-state index in [0.29, 0.717) is 5.82 Å². The number of carbonyl (C=O) groups is 1. The molecule has 1 amide bonds. The van der Waals surface area contributed by atoms with E-state index >= 15 is 0 Å². The Morgan fingerprint density at radius 3 is 2.57 bits per heavy atom. The maximum absolute atomic E-state index is 13.0. The van der Waals surface area contributed by atoms with Crippen molar-refractivity contribution in [1.29, 1.82) is 0 Å². The van der Waals surface area contributed by atoms with E-state index in [1.165, 1.54) is 12.1 Å². The number of thiol groups is 1. The Kier molecular flexibility index (Phi) is 4.35. The number of nitrogens with one attached hydrogen (secondary N) is 1. The lowest BCUT2D eigenvalue weighted by Gasteiger charge is -2.33. The van der Waals surface area contributed by atoms with Crippen LogP contribution in [0.5, 0.6) is 0 Å². The number of hydrogen-bond donors (Lipinski definition) is 2. The largest absolute Gasteiger partial charge is 0.272 e. The zero-order valence-corrected chi connectivity index (χ0v) is 14.8. The molecule has 9 heteroatoms. The summed E-state index contributed by atoms with van der Waals surface area (Å²) in [5.41, 5.74) is 0.809. The van der Waals surface area contributed by atoms with Crippen molar-refractivity contribution in [2.45, 2.75) is 24.8 Å². The molecule has 1 N–H and O–H groups in total. The van der Waals surface area contributed by atoms with Gasteiger partial charge >= 0.3 is 0 Å². The fraction of sp³-hybridized carbons (Fsp3) is 0.429. The predicted molar refractivity (Wildman–Crippen MR) is 91.2 cm³/mol. The van der Waals surface area contributed by atoms with Crippen molar-refractivity contribution in [1.82, 2.24) is 29.2 Å². The number of benzene rings is 1. The fourth-order valence-electron chi connectivity index (χ4n) is 2.74. The second-order valence-corrected chi connectivity index (χ2v) is 7.47. The quantitative estimate of drug-likeness (QED) is 0.645. The molecule has 1 fully saturated rings. The summed E-state index contributed by atoms with van der Waals surface area (Å²) in [6, 6.07) is 9.29. The third kappa shape index (κ3) is 2.62. The first kappa shape index (κ1) is 16.3. The SMILES string of the molecule is CC(C)C1C(=O)N(C(S)(c2ccccc2)c2nn[nH]n2)SN1C. The van der Waals surface area contributed by atoms with E-state index in [0.717, 1.165) is 5.56 Å².